The van der Waals surface area contributed by atoms with Crippen molar-refractivity contribution in [2.45, 2.75) is 33.0 Å². The molecular weight excluding hydrogens is 220 g/mol. The van der Waals surface area contributed by atoms with E-state index in [2.05, 4.69) is 0 Å². The van der Waals surface area contributed by atoms with Crippen LogP contribution < -0.4 is 4.74 Å². The average Bonchev–Trinajstić information content (AvgIpc) is 2.28. The number of esters is 1. The molecule has 0 fully saturated rings. The molecule has 4 heteroatoms. The number of aliphatic hydroxyl groups excluding tert-OH is 1. The molecule has 0 aromatic heterocycles. The second-order valence-electron chi connectivity index (χ2n) is 3.89. The first-order valence-corrected chi connectivity index (χ1v) is 5.66. The standard InChI is InChI=1S/C13H18O4/c1-4-16-13(15)12(14)10-6-5-7-11(8-10)17-9(2)3/h5-9,12,14H,4H2,1-3H3. The zero-order valence-corrected chi connectivity index (χ0v) is 10.3. The molecule has 4 nitrogen and oxygen atoms in total. The van der Waals surface area contributed by atoms with E-state index in [-0.39, 0.29) is 12.7 Å². The van der Waals surface area contributed by atoms with Crippen LogP contribution in [0.25, 0.3) is 0 Å². The molecule has 1 aromatic carbocycles. The molecule has 0 aliphatic carbocycles. The smallest absolute Gasteiger partial charge is 0.339 e. The zero-order chi connectivity index (χ0) is 12.8. The van der Waals surface area contributed by atoms with Crippen LogP contribution in [0.1, 0.15) is 32.4 Å². The number of carbonyl (C=O) groups is 1. The van der Waals surface area contributed by atoms with Crippen molar-refractivity contribution in [1.82, 2.24) is 0 Å². The molecule has 0 saturated heterocycles. The van der Waals surface area contributed by atoms with Gasteiger partial charge in [-0.15, -0.1) is 0 Å². The second-order valence-corrected chi connectivity index (χ2v) is 3.89. The van der Waals surface area contributed by atoms with E-state index in [4.69, 9.17) is 9.47 Å². The first kappa shape index (κ1) is 13.5. The van der Waals surface area contributed by atoms with Gasteiger partial charge in [-0.3, -0.25) is 0 Å². The number of carbonyl (C=O) groups excluding carboxylic acids is 1. The first-order chi connectivity index (χ1) is 8.04. The lowest BCUT2D eigenvalue weighted by Crippen LogP contribution is -2.15. The van der Waals surface area contributed by atoms with Crippen LogP contribution in [-0.4, -0.2) is 23.8 Å². The highest BCUT2D eigenvalue weighted by molar-refractivity contribution is 5.76. The van der Waals surface area contributed by atoms with Gasteiger partial charge in [0.25, 0.3) is 0 Å². The van der Waals surface area contributed by atoms with Crippen LogP contribution >= 0.6 is 0 Å². The highest BCUT2D eigenvalue weighted by atomic mass is 16.5. The van der Waals surface area contributed by atoms with Gasteiger partial charge in [0, 0.05) is 0 Å². The van der Waals surface area contributed by atoms with Crippen LogP contribution in [0.5, 0.6) is 5.75 Å². The third-order valence-electron chi connectivity index (χ3n) is 2.06. The predicted octanol–water partition coefficient (Wildman–Crippen LogP) is 2.07. The monoisotopic (exact) mass is 238 g/mol. The van der Waals surface area contributed by atoms with Gasteiger partial charge in [0.1, 0.15) is 5.75 Å². The van der Waals surface area contributed by atoms with Gasteiger partial charge in [-0.25, -0.2) is 4.79 Å². The quantitative estimate of drug-likeness (QED) is 0.798. The molecule has 0 heterocycles. The van der Waals surface area contributed by atoms with E-state index in [0.29, 0.717) is 11.3 Å². The molecule has 1 unspecified atom stereocenters. The summed E-state index contributed by atoms with van der Waals surface area (Å²) in [6.45, 7) is 5.77. The Morgan fingerprint density at radius 1 is 1.41 bits per heavy atom. The van der Waals surface area contributed by atoms with Crippen LogP contribution in [0.2, 0.25) is 0 Å². The second kappa shape index (κ2) is 6.25. The van der Waals surface area contributed by atoms with Gasteiger partial charge in [-0.1, -0.05) is 12.1 Å². The maximum Gasteiger partial charge on any atom is 0.339 e. The fraction of sp³-hybridized carbons (Fsp3) is 0.462. The molecule has 1 N–H and O–H groups in total. The van der Waals surface area contributed by atoms with Crippen LogP contribution in [0.15, 0.2) is 24.3 Å². The SMILES string of the molecule is CCOC(=O)C(O)c1cccc(OC(C)C)c1. The number of hydrogen-bond acceptors (Lipinski definition) is 4. The summed E-state index contributed by atoms with van der Waals surface area (Å²) in [4.78, 5) is 11.4. The lowest BCUT2D eigenvalue weighted by atomic mass is 10.1. The average molecular weight is 238 g/mol. The van der Waals surface area contributed by atoms with Gasteiger partial charge in [0.05, 0.1) is 12.7 Å². The van der Waals surface area contributed by atoms with Crippen LogP contribution in [0.4, 0.5) is 0 Å². The number of rotatable bonds is 5. The van der Waals surface area contributed by atoms with Crippen LogP contribution in [-0.2, 0) is 9.53 Å². The molecule has 0 saturated carbocycles. The van der Waals surface area contributed by atoms with E-state index in [0.717, 1.165) is 0 Å². The van der Waals surface area contributed by atoms with E-state index >= 15 is 0 Å². The summed E-state index contributed by atoms with van der Waals surface area (Å²) in [5.41, 5.74) is 0.474. The Morgan fingerprint density at radius 3 is 2.71 bits per heavy atom. The number of benzene rings is 1. The third-order valence-corrected chi connectivity index (χ3v) is 2.06. The summed E-state index contributed by atoms with van der Waals surface area (Å²) in [6.07, 6.45) is -1.21. The lowest BCUT2D eigenvalue weighted by Gasteiger charge is -2.13. The minimum absolute atomic E-state index is 0.0463. The molecule has 17 heavy (non-hydrogen) atoms. The number of hydrogen-bond donors (Lipinski definition) is 1. The van der Waals surface area contributed by atoms with Crippen molar-refractivity contribution in [2.24, 2.45) is 0 Å². The fourth-order valence-electron chi connectivity index (χ4n) is 1.39. The normalized spacial score (nSPS) is 12.3. The van der Waals surface area contributed by atoms with Crippen LogP contribution in [0, 0.1) is 0 Å². The largest absolute Gasteiger partial charge is 0.491 e. The number of ether oxygens (including phenoxy) is 2. The molecule has 1 aromatic rings. The van der Waals surface area contributed by atoms with Crippen molar-refractivity contribution in [3.05, 3.63) is 29.8 Å². The number of aliphatic hydroxyl groups is 1. The molecule has 0 aliphatic rings. The van der Waals surface area contributed by atoms with Gasteiger partial charge >= 0.3 is 5.97 Å². The van der Waals surface area contributed by atoms with Gasteiger partial charge in [-0.2, -0.15) is 0 Å². The minimum Gasteiger partial charge on any atom is -0.491 e. The molecule has 1 atom stereocenters. The maximum absolute atomic E-state index is 11.4. The summed E-state index contributed by atoms with van der Waals surface area (Å²) in [7, 11) is 0. The molecule has 1 rings (SSSR count). The Morgan fingerprint density at radius 2 is 2.12 bits per heavy atom. The molecule has 0 bridgehead atoms. The van der Waals surface area contributed by atoms with Crippen molar-refractivity contribution in [1.29, 1.82) is 0 Å². The summed E-state index contributed by atoms with van der Waals surface area (Å²) in [6, 6.07) is 6.81. The fourth-order valence-corrected chi connectivity index (χ4v) is 1.39. The van der Waals surface area contributed by atoms with Gasteiger partial charge in [-0.05, 0) is 38.5 Å². The minimum atomic E-state index is -1.26. The summed E-state index contributed by atoms with van der Waals surface area (Å²) >= 11 is 0. The zero-order valence-electron chi connectivity index (χ0n) is 10.3. The summed E-state index contributed by atoms with van der Waals surface area (Å²) in [5.74, 6) is -0.0185. The molecular formula is C13H18O4. The van der Waals surface area contributed by atoms with Crippen molar-refractivity contribution in [2.75, 3.05) is 6.61 Å². The summed E-state index contributed by atoms with van der Waals surface area (Å²) < 4.78 is 10.2. The Labute approximate surface area is 101 Å². The Bertz CT molecular complexity index is 373. The van der Waals surface area contributed by atoms with Gasteiger partial charge in [0.2, 0.25) is 0 Å². The molecule has 0 aliphatic heterocycles. The Kier molecular flexibility index (Phi) is 4.97. The van der Waals surface area contributed by atoms with Crippen molar-refractivity contribution in [3.63, 3.8) is 0 Å². The first-order valence-electron chi connectivity index (χ1n) is 5.66. The highest BCUT2D eigenvalue weighted by Crippen LogP contribution is 2.21. The van der Waals surface area contributed by atoms with Crippen molar-refractivity contribution in [3.8, 4) is 5.75 Å². The predicted molar refractivity (Wildman–Crippen MR) is 63.8 cm³/mol. The topological polar surface area (TPSA) is 55.8 Å². The van der Waals surface area contributed by atoms with Crippen LogP contribution in [0.3, 0.4) is 0 Å². The Hall–Kier alpha value is -1.55. The van der Waals surface area contributed by atoms with E-state index < -0.39 is 12.1 Å². The lowest BCUT2D eigenvalue weighted by molar-refractivity contribution is -0.153. The molecule has 0 amide bonds. The van der Waals surface area contributed by atoms with E-state index in [1.807, 2.05) is 13.8 Å². The van der Waals surface area contributed by atoms with Crippen molar-refractivity contribution < 1.29 is 19.4 Å². The van der Waals surface area contributed by atoms with E-state index in [9.17, 15) is 9.90 Å². The maximum atomic E-state index is 11.4. The summed E-state index contributed by atoms with van der Waals surface area (Å²) in [5, 5.41) is 9.75. The van der Waals surface area contributed by atoms with E-state index in [1.165, 1.54) is 0 Å². The Balaban J connectivity index is 2.80. The van der Waals surface area contributed by atoms with Crippen molar-refractivity contribution >= 4 is 5.97 Å². The third kappa shape index (κ3) is 4.07. The van der Waals surface area contributed by atoms with Gasteiger partial charge < -0.3 is 14.6 Å². The molecule has 94 valence electrons. The van der Waals surface area contributed by atoms with Gasteiger partial charge in [0.15, 0.2) is 6.10 Å². The highest BCUT2D eigenvalue weighted by Gasteiger charge is 2.18. The van der Waals surface area contributed by atoms with E-state index in [1.54, 1.807) is 31.2 Å². The molecule has 0 spiro atoms. The molecule has 0 radical (unpaired) electrons.